The number of ether oxygens (including phenoxy) is 3. The fourth-order valence-corrected chi connectivity index (χ4v) is 10.4. The van der Waals surface area contributed by atoms with E-state index in [9.17, 15) is 29.1 Å². The lowest BCUT2D eigenvalue weighted by Gasteiger charge is -2.62. The zero-order valence-corrected chi connectivity index (χ0v) is 38.0. The lowest BCUT2D eigenvalue weighted by atomic mass is 9.44. The van der Waals surface area contributed by atoms with Crippen LogP contribution in [0.1, 0.15) is 120 Å². The minimum absolute atomic E-state index is 0.0699. The Bertz CT molecular complexity index is 1630. The molecule has 3 aliphatic carbocycles. The Hall–Kier alpha value is -3.36. The van der Waals surface area contributed by atoms with E-state index in [-0.39, 0.29) is 53.0 Å². The minimum atomic E-state index is -0.737. The highest BCUT2D eigenvalue weighted by molar-refractivity contribution is 8.00. The lowest BCUT2D eigenvalue weighted by Crippen LogP contribution is -2.64. The quantitative estimate of drug-likeness (QED) is 0.0525. The van der Waals surface area contributed by atoms with Crippen molar-refractivity contribution in [3.8, 4) is 0 Å². The molecule has 4 rings (SSSR count). The second-order valence-corrected chi connectivity index (χ2v) is 20.8. The van der Waals surface area contributed by atoms with Crippen molar-refractivity contribution in [3.63, 3.8) is 0 Å². The van der Waals surface area contributed by atoms with Crippen molar-refractivity contribution >= 4 is 41.6 Å². The first kappa shape index (κ1) is 48.3. The summed E-state index contributed by atoms with van der Waals surface area (Å²) in [5.74, 6) is -0.504. The number of rotatable bonds is 16. The smallest absolute Gasteiger partial charge is 0.407 e. The van der Waals surface area contributed by atoms with Crippen LogP contribution in [0.15, 0.2) is 29.2 Å². The number of Topliss-reactive ketones (excluding diaryl/α,β-unsaturated/α-hetero) is 1. The van der Waals surface area contributed by atoms with Gasteiger partial charge in [0, 0.05) is 54.2 Å². The van der Waals surface area contributed by atoms with E-state index in [1.54, 1.807) is 20.8 Å². The van der Waals surface area contributed by atoms with Crippen LogP contribution in [-0.4, -0.2) is 96.8 Å². The van der Waals surface area contributed by atoms with Crippen LogP contribution in [-0.2, 0) is 35.0 Å². The van der Waals surface area contributed by atoms with Crippen molar-refractivity contribution in [2.45, 2.75) is 149 Å². The fraction of sp³-hybridized carbons (Fsp3) is 0.756. The molecular weight excluding hydrogens is 773 g/mol. The highest BCUT2D eigenvalue weighted by Gasteiger charge is 2.68. The van der Waals surface area contributed by atoms with Gasteiger partial charge in [-0.25, -0.2) is 9.59 Å². The molecule has 59 heavy (non-hydrogen) atoms. The first-order chi connectivity index (χ1) is 27.5. The Morgan fingerprint density at radius 1 is 0.847 bits per heavy atom. The van der Waals surface area contributed by atoms with Crippen LogP contribution >= 0.6 is 11.8 Å². The Labute approximate surface area is 356 Å². The number of aliphatic hydroxyl groups is 1. The van der Waals surface area contributed by atoms with Crippen LogP contribution in [0.25, 0.3) is 0 Å². The highest BCUT2D eigenvalue weighted by Crippen LogP contribution is 2.67. The van der Waals surface area contributed by atoms with Crippen molar-refractivity contribution in [2.75, 3.05) is 38.5 Å². The van der Waals surface area contributed by atoms with Gasteiger partial charge in [0.1, 0.15) is 23.1 Å². The number of nitrogens with one attached hydrogen (secondary N) is 4. The van der Waals surface area contributed by atoms with Crippen molar-refractivity contribution in [1.29, 1.82) is 0 Å². The number of alkyl carbamates (subject to hydrolysis) is 2. The summed E-state index contributed by atoms with van der Waals surface area (Å²) < 4.78 is 17.1. The number of hydrogen-bond acceptors (Lipinski definition) is 11. The molecular formula is C45H72N4O9S. The molecule has 0 aromatic heterocycles. The molecule has 1 aromatic rings. The van der Waals surface area contributed by atoms with Crippen molar-refractivity contribution in [2.24, 2.45) is 34.0 Å². The number of ketones is 1. The second-order valence-electron chi connectivity index (χ2n) is 19.7. The second kappa shape index (κ2) is 20.0. The molecule has 5 N–H and O–H groups in total. The van der Waals surface area contributed by atoms with Gasteiger partial charge in [-0.05, 0) is 122 Å². The maximum atomic E-state index is 13.9. The minimum Gasteiger partial charge on any atom is -0.461 e. The van der Waals surface area contributed by atoms with E-state index in [0.717, 1.165) is 29.7 Å². The van der Waals surface area contributed by atoms with Gasteiger partial charge in [-0.2, -0.15) is 0 Å². The number of thioether (sulfide) groups is 1. The summed E-state index contributed by atoms with van der Waals surface area (Å²) in [4.78, 5) is 65.0. The van der Waals surface area contributed by atoms with Crippen LogP contribution in [0.5, 0.6) is 0 Å². The predicted molar refractivity (Wildman–Crippen MR) is 229 cm³/mol. The van der Waals surface area contributed by atoms with Crippen LogP contribution < -0.4 is 21.3 Å². The number of amides is 3. The van der Waals surface area contributed by atoms with Gasteiger partial charge in [-0.3, -0.25) is 14.4 Å². The first-order valence-electron chi connectivity index (χ1n) is 21.5. The average Bonchev–Trinajstić information content (AvgIpc) is 3.49. The highest BCUT2D eigenvalue weighted by atomic mass is 32.2. The van der Waals surface area contributed by atoms with E-state index in [4.69, 9.17) is 14.2 Å². The molecule has 0 spiro atoms. The molecule has 332 valence electrons. The predicted octanol–water partition coefficient (Wildman–Crippen LogP) is 6.58. The summed E-state index contributed by atoms with van der Waals surface area (Å²) in [5.41, 5.74) is -1.95. The summed E-state index contributed by atoms with van der Waals surface area (Å²) in [5, 5.41) is 24.1. The number of carbonyl (C=O) groups is 5. The molecule has 0 radical (unpaired) electrons. The van der Waals surface area contributed by atoms with Gasteiger partial charge in [0.15, 0.2) is 0 Å². The van der Waals surface area contributed by atoms with Crippen LogP contribution in [0.3, 0.4) is 0 Å². The topological polar surface area (TPSA) is 181 Å². The molecule has 3 fully saturated rings. The summed E-state index contributed by atoms with van der Waals surface area (Å²) >= 11 is 1.36. The van der Waals surface area contributed by atoms with Gasteiger partial charge >= 0.3 is 18.2 Å². The third-order valence-corrected chi connectivity index (χ3v) is 13.9. The van der Waals surface area contributed by atoms with Crippen LogP contribution in [0.2, 0.25) is 0 Å². The molecule has 1 aromatic carbocycles. The SMILES string of the molecule is C[C@@H]1CC[C@@]23CCC(=O)[C@H]2[C@]1(C)[C@H](OC(=O)CSc1ccc(CC(=O)NCCCNC(=O)OC(C)(C)C)cc1)C[C@](C)(CNCCCNC(=O)OC(C)(C)C)[C@@H](O)[C@@H]3C. The summed E-state index contributed by atoms with van der Waals surface area (Å²) in [7, 11) is 0. The van der Waals surface area contributed by atoms with E-state index in [1.165, 1.54) is 11.8 Å². The first-order valence-corrected chi connectivity index (χ1v) is 22.5. The Kier molecular flexibility index (Phi) is 16.4. The van der Waals surface area contributed by atoms with E-state index < -0.39 is 46.4 Å². The van der Waals surface area contributed by atoms with Gasteiger partial charge in [-0.15, -0.1) is 11.8 Å². The number of carbonyl (C=O) groups excluding carboxylic acids is 5. The molecule has 8 atom stereocenters. The van der Waals surface area contributed by atoms with Crippen LogP contribution in [0.4, 0.5) is 9.59 Å². The number of esters is 1. The van der Waals surface area contributed by atoms with Gasteiger partial charge in [-0.1, -0.05) is 39.8 Å². The zero-order valence-electron chi connectivity index (χ0n) is 37.2. The van der Waals surface area contributed by atoms with Gasteiger partial charge in [0.2, 0.25) is 5.91 Å². The third-order valence-electron chi connectivity index (χ3n) is 12.9. The zero-order chi connectivity index (χ0) is 43.8. The molecule has 14 heteroatoms. The molecule has 2 bridgehead atoms. The molecule has 0 heterocycles. The molecule has 3 aliphatic rings. The average molecular weight is 845 g/mol. The molecule has 0 saturated heterocycles. The van der Waals surface area contributed by atoms with Gasteiger partial charge in [0.05, 0.1) is 18.3 Å². The largest absolute Gasteiger partial charge is 0.461 e. The standard InChI is InChI=1S/C45H72N4O9S/c1-29-17-19-45-20-18-33(50)37(45)44(29,10)34(26-43(9,38(53)30(45)2)28-46-21-11-23-48-39(54)57-41(3,4)5)56-36(52)27-59-32-15-13-31(14-16-32)25-35(51)47-22-12-24-49-40(55)58-42(6,7)8/h13-16,29-30,34,37-38,46,53H,11-12,17-28H2,1-10H3,(H,47,51)(H,48,54)(H,49,55)/t29-,30+,34-,37+,38+,43-,44+,45+/m1/s1. The Morgan fingerprint density at radius 3 is 2.02 bits per heavy atom. The Morgan fingerprint density at radius 2 is 1.42 bits per heavy atom. The van der Waals surface area contributed by atoms with Crippen molar-refractivity contribution in [1.82, 2.24) is 21.3 Å². The molecule has 0 unspecified atom stereocenters. The lowest BCUT2D eigenvalue weighted by molar-refractivity contribution is -0.210. The van der Waals surface area contributed by atoms with E-state index in [0.29, 0.717) is 58.4 Å². The molecule has 3 saturated carbocycles. The maximum Gasteiger partial charge on any atom is 0.407 e. The summed E-state index contributed by atoms with van der Waals surface area (Å²) in [6, 6.07) is 7.52. The third kappa shape index (κ3) is 12.8. The van der Waals surface area contributed by atoms with Crippen molar-refractivity contribution in [3.05, 3.63) is 29.8 Å². The number of benzene rings is 1. The summed E-state index contributed by atoms with van der Waals surface area (Å²) in [6.07, 6.45) is 2.54. The van der Waals surface area contributed by atoms with Gasteiger partial charge in [0.25, 0.3) is 0 Å². The van der Waals surface area contributed by atoms with E-state index >= 15 is 0 Å². The molecule has 13 nitrogen and oxygen atoms in total. The Balaban J connectivity index is 1.36. The number of aliphatic hydroxyl groups excluding tert-OH is 1. The van der Waals surface area contributed by atoms with E-state index in [1.807, 2.05) is 45.0 Å². The van der Waals surface area contributed by atoms with E-state index in [2.05, 4.69) is 49.0 Å². The van der Waals surface area contributed by atoms with Gasteiger partial charge < -0.3 is 40.6 Å². The summed E-state index contributed by atoms with van der Waals surface area (Å²) in [6.45, 7) is 21.7. The molecule has 0 aliphatic heterocycles. The number of hydrogen-bond donors (Lipinski definition) is 5. The normalized spacial score (nSPS) is 29.3. The van der Waals surface area contributed by atoms with Crippen molar-refractivity contribution < 1.29 is 43.3 Å². The maximum absolute atomic E-state index is 13.9. The molecule has 3 amide bonds. The fourth-order valence-electron chi connectivity index (χ4n) is 9.73. The monoisotopic (exact) mass is 845 g/mol. The van der Waals surface area contributed by atoms with Crippen LogP contribution in [0, 0.1) is 34.0 Å².